The molecule has 82 valence electrons. The molecule has 2 nitrogen and oxygen atoms in total. The third-order valence-electron chi connectivity index (χ3n) is 2.28. The number of aryl methyl sites for hydroxylation is 2. The van der Waals surface area contributed by atoms with Crippen LogP contribution in [0.25, 0.3) is 0 Å². The lowest BCUT2D eigenvalue weighted by molar-refractivity contribution is -0.109. The van der Waals surface area contributed by atoms with Crippen molar-refractivity contribution < 1.29 is 4.79 Å². The Morgan fingerprint density at radius 1 is 1.47 bits per heavy atom. The van der Waals surface area contributed by atoms with Crippen LogP contribution in [0.1, 0.15) is 24.5 Å². The van der Waals surface area contributed by atoms with Crippen molar-refractivity contribution in [3.8, 4) is 0 Å². The zero-order valence-corrected chi connectivity index (χ0v) is 10.0. The van der Waals surface area contributed by atoms with Crippen LogP contribution in [-0.4, -0.2) is 10.5 Å². The molecule has 15 heavy (non-hydrogen) atoms. The maximum absolute atomic E-state index is 10.8. The third-order valence-corrected chi connectivity index (χ3v) is 3.15. The highest BCUT2D eigenvalue weighted by Crippen LogP contribution is 2.15. The normalized spacial score (nSPS) is 12.5. The Labute approximate surface area is 95.2 Å². The van der Waals surface area contributed by atoms with Crippen molar-refractivity contribution in [1.82, 2.24) is 0 Å². The Kier molecular flexibility index (Phi) is 4.85. The summed E-state index contributed by atoms with van der Waals surface area (Å²) in [5, 5.41) is 0.00869. The molecule has 1 rings (SSSR count). The predicted molar refractivity (Wildman–Crippen MR) is 65.7 cm³/mol. The van der Waals surface area contributed by atoms with E-state index in [1.165, 1.54) is 22.9 Å². The van der Waals surface area contributed by atoms with Crippen molar-refractivity contribution in [2.75, 3.05) is 0 Å². The minimum absolute atomic E-state index is 0.0814. The Hall–Kier alpha value is -0.800. The highest BCUT2D eigenvalue weighted by Gasteiger charge is 2.07. The van der Waals surface area contributed by atoms with Crippen LogP contribution in [0, 0.1) is 6.92 Å². The molecule has 0 saturated heterocycles. The van der Waals surface area contributed by atoms with Gasteiger partial charge in [-0.05, 0) is 30.9 Å². The standard InChI is InChI=1S/C12H17NOS/c1-9-5-3-4-6-11(9)7-8-12(13)15-10(2)14/h3-6,12H,7-8,13H2,1-2H3. The maximum atomic E-state index is 10.8. The zero-order chi connectivity index (χ0) is 11.3. The van der Waals surface area contributed by atoms with Gasteiger partial charge in [-0.2, -0.15) is 0 Å². The minimum Gasteiger partial charge on any atom is -0.319 e. The van der Waals surface area contributed by atoms with Gasteiger partial charge >= 0.3 is 0 Å². The van der Waals surface area contributed by atoms with Crippen LogP contribution in [-0.2, 0) is 11.2 Å². The van der Waals surface area contributed by atoms with Crippen molar-refractivity contribution in [3.05, 3.63) is 35.4 Å². The molecule has 0 aliphatic carbocycles. The fourth-order valence-corrected chi connectivity index (χ4v) is 2.12. The van der Waals surface area contributed by atoms with Gasteiger partial charge in [0.25, 0.3) is 0 Å². The van der Waals surface area contributed by atoms with Crippen LogP contribution in [0.5, 0.6) is 0 Å². The van der Waals surface area contributed by atoms with Gasteiger partial charge in [0.2, 0.25) is 0 Å². The molecular formula is C12H17NOS. The molecule has 0 aromatic heterocycles. The first-order chi connectivity index (χ1) is 7.09. The van der Waals surface area contributed by atoms with Crippen LogP contribution >= 0.6 is 11.8 Å². The molecule has 0 saturated carbocycles. The number of hydrogen-bond acceptors (Lipinski definition) is 3. The summed E-state index contributed by atoms with van der Waals surface area (Å²) in [4.78, 5) is 10.8. The van der Waals surface area contributed by atoms with E-state index in [1.807, 2.05) is 12.1 Å². The molecule has 1 aromatic rings. The second-order valence-corrected chi connectivity index (χ2v) is 5.03. The molecular weight excluding hydrogens is 206 g/mol. The Balaban J connectivity index is 2.43. The molecule has 1 atom stereocenters. The lowest BCUT2D eigenvalue weighted by Crippen LogP contribution is -2.18. The molecule has 0 radical (unpaired) electrons. The van der Waals surface area contributed by atoms with Crippen molar-refractivity contribution in [3.63, 3.8) is 0 Å². The highest BCUT2D eigenvalue weighted by atomic mass is 32.2. The van der Waals surface area contributed by atoms with E-state index < -0.39 is 0 Å². The molecule has 1 unspecified atom stereocenters. The molecule has 0 spiro atoms. The number of thioether (sulfide) groups is 1. The van der Waals surface area contributed by atoms with Gasteiger partial charge in [0.05, 0.1) is 5.37 Å². The Bertz CT molecular complexity index is 338. The number of nitrogens with two attached hydrogens (primary N) is 1. The van der Waals surface area contributed by atoms with Crippen molar-refractivity contribution in [1.29, 1.82) is 0 Å². The van der Waals surface area contributed by atoms with E-state index >= 15 is 0 Å². The SMILES string of the molecule is CC(=O)SC(N)CCc1ccccc1C. The van der Waals surface area contributed by atoms with Crippen LogP contribution in [0.3, 0.4) is 0 Å². The molecule has 3 heteroatoms. The van der Waals surface area contributed by atoms with E-state index in [1.54, 1.807) is 6.92 Å². The molecule has 0 bridgehead atoms. The minimum atomic E-state index is -0.0814. The fraction of sp³-hybridized carbons (Fsp3) is 0.417. The van der Waals surface area contributed by atoms with E-state index in [0.29, 0.717) is 0 Å². The Morgan fingerprint density at radius 2 is 2.13 bits per heavy atom. The van der Waals surface area contributed by atoms with Gasteiger partial charge in [-0.3, -0.25) is 4.79 Å². The smallest absolute Gasteiger partial charge is 0.187 e. The molecule has 2 N–H and O–H groups in total. The summed E-state index contributed by atoms with van der Waals surface area (Å²) in [6, 6.07) is 8.27. The van der Waals surface area contributed by atoms with Crippen LogP contribution < -0.4 is 5.73 Å². The summed E-state index contributed by atoms with van der Waals surface area (Å²) < 4.78 is 0. The van der Waals surface area contributed by atoms with Gasteiger partial charge in [-0.15, -0.1) is 0 Å². The van der Waals surface area contributed by atoms with E-state index in [4.69, 9.17) is 5.73 Å². The van der Waals surface area contributed by atoms with Crippen molar-refractivity contribution >= 4 is 16.9 Å². The number of carbonyl (C=O) groups excluding carboxylic acids is 1. The van der Waals surface area contributed by atoms with Gasteiger partial charge < -0.3 is 5.73 Å². The van der Waals surface area contributed by atoms with Gasteiger partial charge in [0.15, 0.2) is 5.12 Å². The van der Waals surface area contributed by atoms with E-state index in [-0.39, 0.29) is 10.5 Å². The molecule has 1 aromatic carbocycles. The molecule has 0 fully saturated rings. The van der Waals surface area contributed by atoms with E-state index in [9.17, 15) is 4.79 Å². The van der Waals surface area contributed by atoms with Crippen LogP contribution in [0.15, 0.2) is 24.3 Å². The van der Waals surface area contributed by atoms with E-state index in [0.717, 1.165) is 12.8 Å². The molecule has 0 aliphatic rings. The second-order valence-electron chi connectivity index (χ2n) is 3.61. The first-order valence-corrected chi connectivity index (χ1v) is 5.95. The number of benzene rings is 1. The summed E-state index contributed by atoms with van der Waals surface area (Å²) in [6.45, 7) is 3.65. The van der Waals surface area contributed by atoms with E-state index in [2.05, 4.69) is 19.1 Å². The van der Waals surface area contributed by atoms with Gasteiger partial charge in [0.1, 0.15) is 0 Å². The van der Waals surface area contributed by atoms with Crippen LogP contribution in [0.4, 0.5) is 0 Å². The first-order valence-electron chi connectivity index (χ1n) is 5.07. The highest BCUT2D eigenvalue weighted by molar-refractivity contribution is 8.14. The van der Waals surface area contributed by atoms with Crippen molar-refractivity contribution in [2.24, 2.45) is 5.73 Å². The summed E-state index contributed by atoms with van der Waals surface area (Å²) in [7, 11) is 0. The average Bonchev–Trinajstić information content (AvgIpc) is 2.15. The summed E-state index contributed by atoms with van der Waals surface area (Å²) in [6.07, 6.45) is 1.78. The van der Waals surface area contributed by atoms with Crippen LogP contribution in [0.2, 0.25) is 0 Å². The Morgan fingerprint density at radius 3 is 2.73 bits per heavy atom. The predicted octanol–water partition coefficient (Wildman–Crippen LogP) is 2.49. The summed E-state index contributed by atoms with van der Waals surface area (Å²) >= 11 is 1.22. The zero-order valence-electron chi connectivity index (χ0n) is 9.19. The fourth-order valence-electron chi connectivity index (χ4n) is 1.46. The first kappa shape index (κ1) is 12.3. The molecule has 0 amide bonds. The maximum Gasteiger partial charge on any atom is 0.187 e. The average molecular weight is 223 g/mol. The summed E-state index contributed by atoms with van der Waals surface area (Å²) in [5.41, 5.74) is 8.42. The van der Waals surface area contributed by atoms with Crippen molar-refractivity contribution in [2.45, 2.75) is 32.1 Å². The molecule has 0 heterocycles. The third kappa shape index (κ3) is 4.49. The number of rotatable bonds is 4. The molecule has 0 aliphatic heterocycles. The number of carbonyl (C=O) groups is 1. The topological polar surface area (TPSA) is 43.1 Å². The van der Waals surface area contributed by atoms with Gasteiger partial charge in [-0.1, -0.05) is 36.0 Å². The number of hydrogen-bond donors (Lipinski definition) is 1. The monoisotopic (exact) mass is 223 g/mol. The van der Waals surface area contributed by atoms with Gasteiger partial charge in [-0.25, -0.2) is 0 Å². The lowest BCUT2D eigenvalue weighted by Gasteiger charge is -2.10. The summed E-state index contributed by atoms with van der Waals surface area (Å²) in [5.74, 6) is 0. The quantitative estimate of drug-likeness (QED) is 0.797. The van der Waals surface area contributed by atoms with Gasteiger partial charge in [0, 0.05) is 6.92 Å². The largest absolute Gasteiger partial charge is 0.319 e. The lowest BCUT2D eigenvalue weighted by atomic mass is 10.0. The second kappa shape index (κ2) is 5.93.